The van der Waals surface area contributed by atoms with Crippen molar-refractivity contribution in [1.29, 1.82) is 0 Å². The molecule has 0 aliphatic carbocycles. The van der Waals surface area contributed by atoms with Crippen LogP contribution in [0.4, 0.5) is 0 Å². The Hall–Kier alpha value is 0.565. The Kier molecular flexibility index (Phi) is 5.23. The van der Waals surface area contributed by atoms with Crippen molar-refractivity contribution in [2.75, 3.05) is 6.61 Å². The van der Waals surface area contributed by atoms with E-state index in [0.29, 0.717) is 5.82 Å². The fraction of sp³-hybridized carbons (Fsp3) is 0.750. The minimum absolute atomic E-state index is 0.122. The van der Waals surface area contributed by atoms with Crippen LogP contribution in [0.25, 0.3) is 0 Å². The summed E-state index contributed by atoms with van der Waals surface area (Å²) in [5, 5.41) is 10.2. The Morgan fingerprint density at radius 1 is 1.71 bits per heavy atom. The Morgan fingerprint density at radius 3 is 2.71 bits per heavy atom. The lowest BCUT2D eigenvalue weighted by Gasteiger charge is -2.27. The quantitative estimate of drug-likeness (QED) is 0.378. The van der Waals surface area contributed by atoms with Gasteiger partial charge < -0.3 is 22.7 Å². The molecule has 17 heavy (non-hydrogen) atoms. The molecule has 0 spiro atoms. The van der Waals surface area contributed by atoms with Crippen molar-refractivity contribution in [1.82, 2.24) is 0 Å². The third kappa shape index (κ3) is 4.02. The molecule has 6 nitrogen and oxygen atoms in total. The van der Waals surface area contributed by atoms with Crippen LogP contribution in [0.3, 0.4) is 0 Å². The van der Waals surface area contributed by atoms with Gasteiger partial charge in [-0.2, -0.15) is 0 Å². The Bertz CT molecular complexity index is 345. The van der Waals surface area contributed by atoms with Crippen molar-refractivity contribution >= 4 is 38.4 Å². The summed E-state index contributed by atoms with van der Waals surface area (Å²) in [7, 11) is 1.34. The molecule has 1 aliphatic heterocycles. The molecule has 1 fully saturated rings. The predicted molar refractivity (Wildman–Crippen MR) is 69.9 cm³/mol. The first-order chi connectivity index (χ1) is 7.69. The number of rotatable bonds is 4. The van der Waals surface area contributed by atoms with Gasteiger partial charge in [-0.05, 0) is 6.08 Å². The van der Waals surface area contributed by atoms with Crippen LogP contribution in [0, 0.1) is 0 Å². The Labute approximate surface area is 115 Å². The summed E-state index contributed by atoms with van der Waals surface area (Å²) < 4.78 is 21.1. The molecule has 0 bridgehead atoms. The minimum Gasteiger partial charge on any atom is -0.380 e. The van der Waals surface area contributed by atoms with Gasteiger partial charge in [0.2, 0.25) is 0 Å². The maximum Gasteiger partial charge on any atom is 0.348 e. The lowest BCUT2D eigenvalue weighted by molar-refractivity contribution is 0.0220. The molecule has 1 heterocycles. The highest BCUT2D eigenvalue weighted by Gasteiger charge is 2.49. The summed E-state index contributed by atoms with van der Waals surface area (Å²) in [6.45, 7) is 1.58. The minimum atomic E-state index is -4.33. The number of halogens is 1. The van der Waals surface area contributed by atoms with E-state index in [4.69, 9.17) is 25.4 Å². The molecular weight excluding hydrogens is 361 g/mol. The van der Waals surface area contributed by atoms with Crippen LogP contribution in [0.5, 0.6) is 0 Å². The predicted octanol–water partition coefficient (Wildman–Crippen LogP) is 0.520. The molecule has 2 radical (unpaired) electrons. The van der Waals surface area contributed by atoms with E-state index in [9.17, 15) is 9.67 Å². The van der Waals surface area contributed by atoms with E-state index in [-0.39, 0.29) is 12.4 Å². The molecule has 4 atom stereocenters. The molecule has 96 valence electrons. The van der Waals surface area contributed by atoms with Crippen molar-refractivity contribution in [3.63, 3.8) is 0 Å². The standard InChI is InChI=1S/C8H13BIO6P/c1-5(9)6-7(16-10)8(11,4-15-6)2-3-17(12,13)14/h2-3,5-7,11H,4H2,1H3,(H2,12,13,14)/b3-2+. The first-order valence-electron chi connectivity index (χ1n) is 4.82. The van der Waals surface area contributed by atoms with Crippen molar-refractivity contribution < 1.29 is 27.3 Å². The van der Waals surface area contributed by atoms with Crippen LogP contribution >= 0.6 is 30.6 Å². The summed E-state index contributed by atoms with van der Waals surface area (Å²) in [6.07, 6.45) is -0.288. The van der Waals surface area contributed by atoms with E-state index in [2.05, 4.69) is 0 Å². The first-order valence-corrected chi connectivity index (χ1v) is 7.38. The molecule has 0 saturated carbocycles. The van der Waals surface area contributed by atoms with Crippen molar-refractivity contribution in [2.45, 2.75) is 30.5 Å². The van der Waals surface area contributed by atoms with Crippen LogP contribution in [-0.4, -0.2) is 47.2 Å². The van der Waals surface area contributed by atoms with Gasteiger partial charge in [-0.25, -0.2) is 0 Å². The average molecular weight is 374 g/mol. The van der Waals surface area contributed by atoms with Crippen LogP contribution in [-0.2, 0) is 12.4 Å². The zero-order valence-electron chi connectivity index (χ0n) is 9.06. The molecule has 1 rings (SSSR count). The maximum atomic E-state index is 10.7. The number of aliphatic hydroxyl groups is 1. The molecular formula is C8H13BIO6P. The zero-order valence-corrected chi connectivity index (χ0v) is 12.1. The van der Waals surface area contributed by atoms with Crippen LogP contribution in [0.1, 0.15) is 6.92 Å². The Morgan fingerprint density at radius 2 is 2.29 bits per heavy atom. The van der Waals surface area contributed by atoms with Crippen molar-refractivity contribution in [2.24, 2.45) is 0 Å². The largest absolute Gasteiger partial charge is 0.380 e. The van der Waals surface area contributed by atoms with Gasteiger partial charge in [0.05, 0.1) is 20.6 Å². The molecule has 9 heteroatoms. The third-order valence-electron chi connectivity index (χ3n) is 2.47. The van der Waals surface area contributed by atoms with Crippen molar-refractivity contribution in [3.05, 3.63) is 11.9 Å². The second kappa shape index (κ2) is 5.69. The van der Waals surface area contributed by atoms with Gasteiger partial charge in [0, 0.05) is 5.82 Å². The topological polar surface area (TPSA) is 96.2 Å². The third-order valence-corrected chi connectivity index (χ3v) is 3.55. The lowest BCUT2D eigenvalue weighted by Crippen LogP contribution is -2.43. The summed E-state index contributed by atoms with van der Waals surface area (Å²) >= 11 is 1.60. The maximum absolute atomic E-state index is 10.7. The average Bonchev–Trinajstić information content (AvgIpc) is 2.52. The second-order valence-corrected chi connectivity index (χ2v) is 6.03. The van der Waals surface area contributed by atoms with E-state index >= 15 is 0 Å². The van der Waals surface area contributed by atoms with Gasteiger partial charge in [0.25, 0.3) is 0 Å². The van der Waals surface area contributed by atoms with Gasteiger partial charge in [0.1, 0.15) is 34.7 Å². The summed E-state index contributed by atoms with van der Waals surface area (Å²) in [4.78, 5) is 17.5. The zero-order chi connectivity index (χ0) is 13.3. The smallest absolute Gasteiger partial charge is 0.348 e. The SMILES string of the molecule is [B]C(C)C1OCC(O)(/C=C/P(=O)(O)O)C1OI. The number of ether oxygens (including phenoxy) is 1. The fourth-order valence-electron chi connectivity index (χ4n) is 1.61. The second-order valence-electron chi connectivity index (χ2n) is 4.04. The summed E-state index contributed by atoms with van der Waals surface area (Å²) in [6, 6.07) is 0. The number of hydrogen-bond acceptors (Lipinski definition) is 4. The molecule has 1 aliphatic rings. The van der Waals surface area contributed by atoms with Gasteiger partial charge in [-0.3, -0.25) is 4.57 Å². The monoisotopic (exact) mass is 374 g/mol. The van der Waals surface area contributed by atoms with E-state index < -0.39 is 25.4 Å². The van der Waals surface area contributed by atoms with E-state index in [0.717, 1.165) is 6.08 Å². The molecule has 1 saturated heterocycles. The molecule has 3 N–H and O–H groups in total. The highest BCUT2D eigenvalue weighted by Crippen LogP contribution is 2.40. The van der Waals surface area contributed by atoms with Gasteiger partial charge in [-0.15, -0.1) is 0 Å². The highest BCUT2D eigenvalue weighted by atomic mass is 127. The normalized spacial score (nSPS) is 36.5. The molecule has 0 amide bonds. The molecule has 0 aromatic heterocycles. The van der Waals surface area contributed by atoms with Gasteiger partial charge in [0.15, 0.2) is 0 Å². The first kappa shape index (κ1) is 15.6. The van der Waals surface area contributed by atoms with Crippen molar-refractivity contribution in [3.8, 4) is 0 Å². The lowest BCUT2D eigenvalue weighted by atomic mass is 9.79. The van der Waals surface area contributed by atoms with Crippen LogP contribution in [0.15, 0.2) is 11.9 Å². The molecule has 4 unspecified atom stereocenters. The highest BCUT2D eigenvalue weighted by molar-refractivity contribution is 14.1. The van der Waals surface area contributed by atoms with E-state index in [1.165, 1.54) is 0 Å². The van der Waals surface area contributed by atoms with Crippen LogP contribution in [0.2, 0.25) is 5.82 Å². The Balaban J connectivity index is 2.90. The number of hydrogen-bond donors (Lipinski definition) is 3. The fourth-order valence-corrected chi connectivity index (χ4v) is 2.79. The van der Waals surface area contributed by atoms with Gasteiger partial charge >= 0.3 is 7.60 Å². The molecule has 0 aromatic rings. The summed E-state index contributed by atoms with van der Waals surface area (Å²) in [5.41, 5.74) is -1.58. The molecule has 0 aromatic carbocycles. The van der Waals surface area contributed by atoms with Gasteiger partial charge in [-0.1, -0.05) is 12.7 Å². The van der Waals surface area contributed by atoms with E-state index in [1.54, 1.807) is 29.9 Å². The van der Waals surface area contributed by atoms with E-state index in [1.807, 2.05) is 0 Å². The summed E-state index contributed by atoms with van der Waals surface area (Å²) in [5.74, 6) is 0.273. The van der Waals surface area contributed by atoms with Crippen LogP contribution < -0.4 is 0 Å².